The first-order valence-electron chi connectivity index (χ1n) is 10.6. The van der Waals surface area contributed by atoms with Crippen molar-refractivity contribution in [2.45, 2.75) is 32.5 Å². The first kappa shape index (κ1) is 22.4. The zero-order valence-corrected chi connectivity index (χ0v) is 19.7. The van der Waals surface area contributed by atoms with Crippen molar-refractivity contribution in [3.8, 4) is 5.75 Å². The SMILES string of the molecule is Cc1nc(Cn2c(COc3ccc(F)cc3)c3c(=O)n(C4CC=CC=C4Cl)[nH]c3cc2=O)cs1. The number of thiazole rings is 1. The van der Waals surface area contributed by atoms with Gasteiger partial charge in [0.15, 0.2) is 0 Å². The molecule has 0 bridgehead atoms. The molecule has 34 heavy (non-hydrogen) atoms. The van der Waals surface area contributed by atoms with Gasteiger partial charge in [-0.15, -0.1) is 11.3 Å². The van der Waals surface area contributed by atoms with Gasteiger partial charge in [-0.2, -0.15) is 0 Å². The van der Waals surface area contributed by atoms with Crippen LogP contribution in [0.25, 0.3) is 10.9 Å². The molecule has 10 heteroatoms. The Morgan fingerprint density at radius 2 is 2.09 bits per heavy atom. The molecule has 3 aromatic heterocycles. The van der Waals surface area contributed by atoms with Crippen molar-refractivity contribution < 1.29 is 9.13 Å². The Balaban J connectivity index is 1.64. The summed E-state index contributed by atoms with van der Waals surface area (Å²) in [4.78, 5) is 31.2. The Morgan fingerprint density at radius 3 is 2.79 bits per heavy atom. The second kappa shape index (κ2) is 9.08. The van der Waals surface area contributed by atoms with E-state index in [1.165, 1.54) is 50.9 Å². The average Bonchev–Trinajstić information content (AvgIpc) is 3.37. The molecule has 1 aliphatic carbocycles. The lowest BCUT2D eigenvalue weighted by atomic mass is 10.1. The number of hydrogen-bond acceptors (Lipinski definition) is 5. The summed E-state index contributed by atoms with van der Waals surface area (Å²) < 4.78 is 22.1. The van der Waals surface area contributed by atoms with Gasteiger partial charge < -0.3 is 9.30 Å². The minimum atomic E-state index is -0.387. The maximum absolute atomic E-state index is 13.6. The fourth-order valence-electron chi connectivity index (χ4n) is 4.01. The Hall–Kier alpha value is -3.43. The van der Waals surface area contributed by atoms with Crippen LogP contribution in [0.4, 0.5) is 4.39 Å². The fourth-order valence-corrected chi connectivity index (χ4v) is 4.88. The third-order valence-corrected chi connectivity index (χ3v) is 6.85. The second-order valence-corrected chi connectivity index (χ2v) is 9.42. The monoisotopic (exact) mass is 498 g/mol. The summed E-state index contributed by atoms with van der Waals surface area (Å²) in [6, 6.07) is 6.59. The van der Waals surface area contributed by atoms with Gasteiger partial charge in [0, 0.05) is 16.5 Å². The van der Waals surface area contributed by atoms with E-state index in [0.29, 0.717) is 39.5 Å². The van der Waals surface area contributed by atoms with Crippen molar-refractivity contribution in [3.05, 3.63) is 102 Å². The van der Waals surface area contributed by atoms with E-state index in [1.54, 1.807) is 6.08 Å². The van der Waals surface area contributed by atoms with E-state index in [1.807, 2.05) is 24.5 Å². The maximum Gasteiger partial charge on any atom is 0.276 e. The molecule has 0 aliphatic heterocycles. The molecular formula is C24H20ClFN4O3S. The van der Waals surface area contributed by atoms with Crippen LogP contribution >= 0.6 is 22.9 Å². The topological polar surface area (TPSA) is 81.9 Å². The molecule has 174 valence electrons. The number of nitrogens with zero attached hydrogens (tertiary/aromatic N) is 3. The Bertz CT molecular complexity index is 1550. The third-order valence-electron chi connectivity index (χ3n) is 5.65. The lowest BCUT2D eigenvalue weighted by molar-refractivity contribution is 0.295. The number of ether oxygens (including phenoxy) is 1. The standard InChI is InChI=1S/C24H20ClFN4O3S/c1-14-27-16(13-34-14)11-29-21(12-33-17-8-6-15(26)7-9-17)23-19(10-22(29)31)28-30(24(23)32)20-5-3-2-4-18(20)25/h2-4,6-10,13,20,28H,5,11-12H2,1H3. The van der Waals surface area contributed by atoms with Crippen LogP contribution < -0.4 is 15.9 Å². The molecule has 0 radical (unpaired) electrons. The molecule has 3 heterocycles. The van der Waals surface area contributed by atoms with Crippen LogP contribution in [0.5, 0.6) is 5.75 Å². The third kappa shape index (κ3) is 4.24. The Kier molecular flexibility index (Phi) is 5.97. The molecule has 0 spiro atoms. The van der Waals surface area contributed by atoms with Gasteiger partial charge in [-0.05, 0) is 43.7 Å². The van der Waals surface area contributed by atoms with E-state index in [-0.39, 0.29) is 36.1 Å². The fraction of sp³-hybridized carbons (Fsp3) is 0.208. The van der Waals surface area contributed by atoms with Crippen LogP contribution in [0.2, 0.25) is 0 Å². The molecule has 5 rings (SSSR count). The first-order chi connectivity index (χ1) is 16.4. The normalized spacial score (nSPS) is 15.6. The molecule has 1 aromatic carbocycles. The number of aromatic amines is 1. The van der Waals surface area contributed by atoms with Crippen LogP contribution in [0.15, 0.2) is 68.6 Å². The van der Waals surface area contributed by atoms with Crippen LogP contribution in [0.1, 0.15) is 28.9 Å². The number of fused-ring (bicyclic) bond motifs is 1. The predicted octanol–water partition coefficient (Wildman–Crippen LogP) is 4.65. The van der Waals surface area contributed by atoms with Crippen LogP contribution in [-0.4, -0.2) is 19.3 Å². The van der Waals surface area contributed by atoms with E-state index in [4.69, 9.17) is 16.3 Å². The van der Waals surface area contributed by atoms with Crippen molar-refractivity contribution in [1.82, 2.24) is 19.3 Å². The van der Waals surface area contributed by atoms with Crippen molar-refractivity contribution in [2.75, 3.05) is 0 Å². The quantitative estimate of drug-likeness (QED) is 0.419. The molecule has 0 fully saturated rings. The highest BCUT2D eigenvalue weighted by Crippen LogP contribution is 2.28. The van der Waals surface area contributed by atoms with Gasteiger partial charge in [-0.1, -0.05) is 23.8 Å². The summed E-state index contributed by atoms with van der Waals surface area (Å²) in [6.45, 7) is 2.01. The summed E-state index contributed by atoms with van der Waals surface area (Å²) in [7, 11) is 0. The summed E-state index contributed by atoms with van der Waals surface area (Å²) in [5.74, 6) is 0.0337. The van der Waals surface area contributed by atoms with Crippen LogP contribution in [0, 0.1) is 12.7 Å². The highest BCUT2D eigenvalue weighted by molar-refractivity contribution is 7.09. The van der Waals surface area contributed by atoms with Crippen LogP contribution in [-0.2, 0) is 13.2 Å². The van der Waals surface area contributed by atoms with Crippen molar-refractivity contribution in [1.29, 1.82) is 0 Å². The maximum atomic E-state index is 13.6. The van der Waals surface area contributed by atoms with Crippen molar-refractivity contribution in [2.24, 2.45) is 0 Å². The average molecular weight is 499 g/mol. The minimum absolute atomic E-state index is 0.0669. The van der Waals surface area contributed by atoms with Crippen molar-refractivity contribution in [3.63, 3.8) is 0 Å². The van der Waals surface area contributed by atoms with Gasteiger partial charge in [-0.3, -0.25) is 14.7 Å². The molecular weight excluding hydrogens is 479 g/mol. The number of pyridine rings is 1. The second-order valence-electron chi connectivity index (χ2n) is 7.92. The number of H-pyrrole nitrogens is 1. The van der Waals surface area contributed by atoms with Crippen LogP contribution in [0.3, 0.4) is 0 Å². The first-order valence-corrected chi connectivity index (χ1v) is 11.8. The highest BCUT2D eigenvalue weighted by atomic mass is 35.5. The summed E-state index contributed by atoms with van der Waals surface area (Å²) in [5, 5.41) is 6.68. The number of aryl methyl sites for hydroxylation is 1. The molecule has 4 aromatic rings. The molecule has 1 atom stereocenters. The van der Waals surface area contributed by atoms with Gasteiger partial charge in [-0.25, -0.2) is 14.1 Å². The lowest BCUT2D eigenvalue weighted by Gasteiger charge is -2.17. The Morgan fingerprint density at radius 1 is 1.29 bits per heavy atom. The number of aromatic nitrogens is 4. The molecule has 1 unspecified atom stereocenters. The molecule has 7 nitrogen and oxygen atoms in total. The molecule has 1 aliphatic rings. The number of hydrogen-bond donors (Lipinski definition) is 1. The largest absolute Gasteiger partial charge is 0.487 e. The summed E-state index contributed by atoms with van der Waals surface area (Å²) in [6.07, 6.45) is 6.06. The zero-order chi connectivity index (χ0) is 23.8. The highest BCUT2D eigenvalue weighted by Gasteiger charge is 2.24. The summed E-state index contributed by atoms with van der Waals surface area (Å²) in [5.41, 5.74) is 0.921. The Labute approximate surface area is 202 Å². The number of nitrogens with one attached hydrogen (secondary N) is 1. The van der Waals surface area contributed by atoms with Gasteiger partial charge in [0.05, 0.1) is 39.9 Å². The van der Waals surface area contributed by atoms with Gasteiger partial charge in [0.2, 0.25) is 0 Å². The van der Waals surface area contributed by atoms with E-state index in [0.717, 1.165) is 5.01 Å². The number of allylic oxidation sites excluding steroid dienone is 4. The molecule has 1 N–H and O–H groups in total. The predicted molar refractivity (Wildman–Crippen MR) is 130 cm³/mol. The van der Waals surface area contributed by atoms with E-state index >= 15 is 0 Å². The molecule has 0 saturated carbocycles. The minimum Gasteiger partial charge on any atom is -0.487 e. The van der Waals surface area contributed by atoms with E-state index < -0.39 is 0 Å². The summed E-state index contributed by atoms with van der Waals surface area (Å²) >= 11 is 7.87. The number of rotatable bonds is 6. The van der Waals surface area contributed by atoms with Gasteiger partial charge >= 0.3 is 0 Å². The number of benzene rings is 1. The zero-order valence-electron chi connectivity index (χ0n) is 18.1. The van der Waals surface area contributed by atoms with E-state index in [2.05, 4.69) is 10.1 Å². The smallest absolute Gasteiger partial charge is 0.276 e. The molecule has 0 amide bonds. The van der Waals surface area contributed by atoms with Crippen molar-refractivity contribution >= 4 is 33.8 Å². The van der Waals surface area contributed by atoms with Gasteiger partial charge in [0.25, 0.3) is 11.1 Å². The van der Waals surface area contributed by atoms with E-state index in [9.17, 15) is 14.0 Å². The number of halogens is 2. The van der Waals surface area contributed by atoms with Gasteiger partial charge in [0.1, 0.15) is 18.2 Å². The molecule has 0 saturated heterocycles. The lowest BCUT2D eigenvalue weighted by Crippen LogP contribution is -2.27.